The van der Waals surface area contributed by atoms with Crippen molar-refractivity contribution in [2.75, 3.05) is 6.61 Å². The molecule has 1 aromatic rings. The fraction of sp³-hybridized carbons (Fsp3) is 0.357. The van der Waals surface area contributed by atoms with Crippen molar-refractivity contribution in [3.05, 3.63) is 35.6 Å². The molecule has 0 aromatic heterocycles. The molecule has 2 unspecified atom stereocenters. The second-order valence-corrected chi connectivity index (χ2v) is 4.32. The van der Waals surface area contributed by atoms with Gasteiger partial charge in [-0.3, -0.25) is 14.4 Å². The highest BCUT2D eigenvalue weighted by Crippen LogP contribution is 2.25. The third-order valence-electron chi connectivity index (χ3n) is 2.91. The minimum absolute atomic E-state index is 0.00308. The van der Waals surface area contributed by atoms with Gasteiger partial charge in [0.15, 0.2) is 5.92 Å². The van der Waals surface area contributed by atoms with Crippen molar-refractivity contribution >= 4 is 17.9 Å². The fourth-order valence-electron chi connectivity index (χ4n) is 1.85. The molecule has 2 N–H and O–H groups in total. The zero-order valence-corrected chi connectivity index (χ0v) is 11.3. The highest BCUT2D eigenvalue weighted by molar-refractivity contribution is 5.94. The van der Waals surface area contributed by atoms with Gasteiger partial charge in [0.25, 0.3) is 0 Å². The van der Waals surface area contributed by atoms with Crippen LogP contribution in [0.15, 0.2) is 24.3 Å². The predicted octanol–water partition coefficient (Wildman–Crippen LogP) is 1.65. The van der Waals surface area contributed by atoms with E-state index in [0.29, 0.717) is 0 Å². The van der Waals surface area contributed by atoms with E-state index in [1.165, 1.54) is 19.1 Å². The maximum absolute atomic E-state index is 12.9. The first kappa shape index (κ1) is 16.6. The maximum Gasteiger partial charge on any atom is 0.320 e. The number of ether oxygens (including phenoxy) is 1. The van der Waals surface area contributed by atoms with Crippen molar-refractivity contribution in [2.45, 2.75) is 19.3 Å². The van der Waals surface area contributed by atoms with Crippen LogP contribution in [0.4, 0.5) is 4.39 Å². The van der Waals surface area contributed by atoms with Crippen molar-refractivity contribution in [3.63, 3.8) is 0 Å². The molecule has 0 saturated carbocycles. The molecule has 0 fully saturated rings. The number of esters is 1. The standard InChI is InChI=1S/C14H15FO6/c1-2-21-14(20)11(13(18)19)7-10(12(16)17)8-3-5-9(15)6-4-8/h3-6,10-11H,2,7H2,1H3,(H,16,17)(H,18,19). The number of aliphatic carboxylic acids is 2. The molecule has 0 aliphatic heterocycles. The molecule has 0 aliphatic rings. The number of hydrogen-bond donors (Lipinski definition) is 2. The molecule has 21 heavy (non-hydrogen) atoms. The Balaban J connectivity index is 3.00. The number of carbonyl (C=O) groups is 3. The largest absolute Gasteiger partial charge is 0.481 e. The van der Waals surface area contributed by atoms with Crippen molar-refractivity contribution in [1.29, 1.82) is 0 Å². The quantitative estimate of drug-likeness (QED) is 0.586. The molecule has 2 atom stereocenters. The minimum atomic E-state index is -1.59. The van der Waals surface area contributed by atoms with Crippen LogP contribution >= 0.6 is 0 Å². The molecule has 0 spiro atoms. The summed E-state index contributed by atoms with van der Waals surface area (Å²) in [5.41, 5.74) is 0.222. The molecule has 0 radical (unpaired) electrons. The zero-order chi connectivity index (χ0) is 16.0. The van der Waals surface area contributed by atoms with E-state index in [-0.39, 0.29) is 12.2 Å². The molecule has 0 aliphatic carbocycles. The summed E-state index contributed by atoms with van der Waals surface area (Å²) in [5, 5.41) is 18.2. The highest BCUT2D eigenvalue weighted by atomic mass is 19.1. The van der Waals surface area contributed by atoms with Gasteiger partial charge in [-0.25, -0.2) is 4.39 Å². The van der Waals surface area contributed by atoms with Crippen LogP contribution in [0.1, 0.15) is 24.8 Å². The van der Waals surface area contributed by atoms with Crippen molar-refractivity contribution in [2.24, 2.45) is 5.92 Å². The second kappa shape index (κ2) is 7.37. The van der Waals surface area contributed by atoms with Crippen LogP contribution in [-0.2, 0) is 19.1 Å². The van der Waals surface area contributed by atoms with Crippen molar-refractivity contribution in [3.8, 4) is 0 Å². The lowest BCUT2D eigenvalue weighted by Gasteiger charge is -2.17. The van der Waals surface area contributed by atoms with E-state index in [1.807, 2.05) is 0 Å². The average molecular weight is 298 g/mol. The Hall–Kier alpha value is -2.44. The lowest BCUT2D eigenvalue weighted by Crippen LogP contribution is -2.29. The zero-order valence-electron chi connectivity index (χ0n) is 11.3. The van der Waals surface area contributed by atoms with Crippen LogP contribution in [0, 0.1) is 11.7 Å². The Bertz CT molecular complexity index is 525. The number of benzene rings is 1. The SMILES string of the molecule is CCOC(=O)C(CC(C(=O)O)c1ccc(F)cc1)C(=O)O. The molecule has 0 bridgehead atoms. The van der Waals surface area contributed by atoms with E-state index in [9.17, 15) is 23.9 Å². The topological polar surface area (TPSA) is 101 Å². The first-order valence-corrected chi connectivity index (χ1v) is 6.24. The van der Waals surface area contributed by atoms with Gasteiger partial charge in [0.05, 0.1) is 12.5 Å². The van der Waals surface area contributed by atoms with E-state index in [2.05, 4.69) is 4.74 Å². The number of halogens is 1. The summed E-state index contributed by atoms with van der Waals surface area (Å²) in [4.78, 5) is 34.0. The summed E-state index contributed by atoms with van der Waals surface area (Å²) >= 11 is 0. The van der Waals surface area contributed by atoms with Gasteiger partial charge in [-0.05, 0) is 31.0 Å². The Kier molecular flexibility index (Phi) is 5.83. The molecule has 0 amide bonds. The van der Waals surface area contributed by atoms with Crippen LogP contribution in [0.3, 0.4) is 0 Å². The number of hydrogen-bond acceptors (Lipinski definition) is 4. The highest BCUT2D eigenvalue weighted by Gasteiger charge is 2.34. The first-order valence-electron chi connectivity index (χ1n) is 6.24. The minimum Gasteiger partial charge on any atom is -0.481 e. The number of carboxylic acid groups (broad SMARTS) is 2. The van der Waals surface area contributed by atoms with Crippen LogP contribution in [0.2, 0.25) is 0 Å². The summed E-state index contributed by atoms with van der Waals surface area (Å²) in [6.07, 6.45) is -0.463. The lowest BCUT2D eigenvalue weighted by atomic mass is 9.88. The molecule has 1 aromatic carbocycles. The van der Waals surface area contributed by atoms with Gasteiger partial charge >= 0.3 is 17.9 Å². The van der Waals surface area contributed by atoms with Crippen LogP contribution in [0.25, 0.3) is 0 Å². The number of carboxylic acids is 2. The molecule has 0 saturated heterocycles. The smallest absolute Gasteiger partial charge is 0.320 e. The van der Waals surface area contributed by atoms with E-state index in [4.69, 9.17) is 5.11 Å². The van der Waals surface area contributed by atoms with Gasteiger partial charge in [0.1, 0.15) is 5.82 Å². The van der Waals surface area contributed by atoms with E-state index in [0.717, 1.165) is 12.1 Å². The molecular weight excluding hydrogens is 283 g/mol. The lowest BCUT2D eigenvalue weighted by molar-refractivity contribution is -0.159. The Morgan fingerprint density at radius 1 is 1.14 bits per heavy atom. The third-order valence-corrected chi connectivity index (χ3v) is 2.91. The molecule has 114 valence electrons. The summed E-state index contributed by atoms with van der Waals surface area (Å²) in [5.74, 6) is -7.10. The molecular formula is C14H15FO6. The van der Waals surface area contributed by atoms with Crippen LogP contribution in [0.5, 0.6) is 0 Å². The predicted molar refractivity (Wildman–Crippen MR) is 69.2 cm³/mol. The summed E-state index contributed by atoms with van der Waals surface area (Å²) in [6.45, 7) is 1.52. The fourth-order valence-corrected chi connectivity index (χ4v) is 1.85. The molecule has 0 heterocycles. The Labute approximate surface area is 120 Å². The average Bonchev–Trinajstić information content (AvgIpc) is 2.40. The van der Waals surface area contributed by atoms with Crippen molar-refractivity contribution in [1.82, 2.24) is 0 Å². The third kappa shape index (κ3) is 4.55. The van der Waals surface area contributed by atoms with Crippen LogP contribution in [-0.4, -0.2) is 34.7 Å². The Morgan fingerprint density at radius 2 is 1.71 bits per heavy atom. The van der Waals surface area contributed by atoms with Gasteiger partial charge in [0.2, 0.25) is 0 Å². The van der Waals surface area contributed by atoms with E-state index >= 15 is 0 Å². The van der Waals surface area contributed by atoms with E-state index in [1.54, 1.807) is 0 Å². The second-order valence-electron chi connectivity index (χ2n) is 4.32. The molecule has 7 heteroatoms. The van der Waals surface area contributed by atoms with Crippen molar-refractivity contribution < 1.29 is 33.7 Å². The van der Waals surface area contributed by atoms with Gasteiger partial charge in [-0.15, -0.1) is 0 Å². The van der Waals surface area contributed by atoms with E-state index < -0.39 is 42.0 Å². The number of rotatable bonds is 7. The summed E-state index contributed by atoms with van der Waals surface area (Å²) in [7, 11) is 0. The normalized spacial score (nSPS) is 13.2. The van der Waals surface area contributed by atoms with Gasteiger partial charge < -0.3 is 14.9 Å². The number of carbonyl (C=O) groups excluding carboxylic acids is 1. The summed E-state index contributed by atoms with van der Waals surface area (Å²) in [6, 6.07) is 4.65. The summed E-state index contributed by atoms with van der Waals surface area (Å²) < 4.78 is 17.5. The molecule has 1 rings (SSSR count). The van der Waals surface area contributed by atoms with Gasteiger partial charge in [-0.2, -0.15) is 0 Å². The van der Waals surface area contributed by atoms with Crippen LogP contribution < -0.4 is 0 Å². The Morgan fingerprint density at radius 3 is 2.14 bits per heavy atom. The monoisotopic (exact) mass is 298 g/mol. The first-order chi connectivity index (χ1) is 9.86. The maximum atomic E-state index is 12.9. The van der Waals surface area contributed by atoms with Gasteiger partial charge in [-0.1, -0.05) is 12.1 Å². The molecule has 6 nitrogen and oxygen atoms in total. The van der Waals surface area contributed by atoms with Gasteiger partial charge in [0, 0.05) is 0 Å².